The van der Waals surface area contributed by atoms with Crippen molar-refractivity contribution in [2.75, 3.05) is 26.4 Å². The van der Waals surface area contributed by atoms with Crippen LogP contribution in [0.15, 0.2) is 0 Å². The molecule has 4 N–H and O–H groups in total. The molecular weight excluding hydrogens is 264 g/mol. The lowest BCUT2D eigenvalue weighted by Crippen LogP contribution is -2.53. The van der Waals surface area contributed by atoms with Crippen LogP contribution in [-0.2, 0) is 9.47 Å². The van der Waals surface area contributed by atoms with Gasteiger partial charge in [-0.2, -0.15) is 0 Å². The zero-order chi connectivity index (χ0) is 14.6. The molecule has 0 aromatic carbocycles. The van der Waals surface area contributed by atoms with Crippen LogP contribution >= 0.6 is 0 Å². The van der Waals surface area contributed by atoms with Gasteiger partial charge in [0, 0.05) is 11.3 Å². The highest BCUT2D eigenvalue weighted by Crippen LogP contribution is 2.46. The molecule has 3 unspecified atom stereocenters. The molecule has 0 spiro atoms. The van der Waals surface area contributed by atoms with E-state index in [-0.39, 0.29) is 12.2 Å². The van der Waals surface area contributed by atoms with Gasteiger partial charge < -0.3 is 29.9 Å². The molecule has 3 atom stereocenters. The van der Waals surface area contributed by atoms with E-state index in [4.69, 9.17) is 9.47 Å². The second kappa shape index (κ2) is 7.15. The molecule has 6 heteroatoms. The average molecular weight is 290 g/mol. The second-order valence-corrected chi connectivity index (χ2v) is 5.95. The average Bonchev–Trinajstić information content (AvgIpc) is 2.54. The Morgan fingerprint density at radius 3 is 2.15 bits per heavy atom. The molecule has 0 radical (unpaired) electrons. The monoisotopic (exact) mass is 290 g/mol. The molecule has 1 aliphatic heterocycles. The molecule has 1 aliphatic carbocycles. The van der Waals surface area contributed by atoms with E-state index in [1.807, 2.05) is 0 Å². The summed E-state index contributed by atoms with van der Waals surface area (Å²) >= 11 is 0. The lowest BCUT2D eigenvalue weighted by molar-refractivity contribution is -0.227. The van der Waals surface area contributed by atoms with Crippen molar-refractivity contribution in [1.29, 1.82) is 0 Å². The van der Waals surface area contributed by atoms with E-state index >= 15 is 0 Å². The maximum Gasteiger partial charge on any atom is 0.160 e. The minimum Gasteiger partial charge on any atom is -0.394 e. The highest BCUT2D eigenvalue weighted by Gasteiger charge is 2.49. The lowest BCUT2D eigenvalue weighted by Gasteiger charge is -2.47. The Balaban J connectivity index is 2.11. The van der Waals surface area contributed by atoms with Crippen molar-refractivity contribution >= 4 is 0 Å². The van der Waals surface area contributed by atoms with Crippen LogP contribution in [0.4, 0.5) is 0 Å². The Hall–Kier alpha value is -0.240. The first-order valence-corrected chi connectivity index (χ1v) is 7.45. The van der Waals surface area contributed by atoms with Crippen LogP contribution in [0.1, 0.15) is 32.1 Å². The minimum atomic E-state index is -1.05. The van der Waals surface area contributed by atoms with E-state index in [0.29, 0.717) is 26.1 Å². The largest absolute Gasteiger partial charge is 0.394 e. The van der Waals surface area contributed by atoms with Gasteiger partial charge in [-0.15, -0.1) is 0 Å². The van der Waals surface area contributed by atoms with Crippen LogP contribution in [-0.4, -0.2) is 65.4 Å². The van der Waals surface area contributed by atoms with Crippen molar-refractivity contribution in [2.24, 2.45) is 11.3 Å². The third-order valence-corrected chi connectivity index (χ3v) is 4.77. The highest BCUT2D eigenvalue weighted by molar-refractivity contribution is 4.97. The van der Waals surface area contributed by atoms with Crippen LogP contribution in [0.2, 0.25) is 0 Å². The molecule has 1 saturated carbocycles. The van der Waals surface area contributed by atoms with Gasteiger partial charge >= 0.3 is 0 Å². The SMILES string of the molecule is OCC(O)C1(C(O)CO)CCCC(C2OCCCO2)C1. The van der Waals surface area contributed by atoms with Crippen LogP contribution in [0.5, 0.6) is 0 Å². The van der Waals surface area contributed by atoms with Crippen molar-refractivity contribution in [1.82, 2.24) is 0 Å². The van der Waals surface area contributed by atoms with E-state index in [1.165, 1.54) is 0 Å². The van der Waals surface area contributed by atoms with E-state index in [0.717, 1.165) is 19.3 Å². The first-order chi connectivity index (χ1) is 9.64. The van der Waals surface area contributed by atoms with Crippen LogP contribution in [0.3, 0.4) is 0 Å². The zero-order valence-electron chi connectivity index (χ0n) is 11.8. The number of aliphatic hydroxyl groups is 4. The molecule has 1 saturated heterocycles. The van der Waals surface area contributed by atoms with Gasteiger partial charge in [0.2, 0.25) is 0 Å². The molecular formula is C14H26O6. The van der Waals surface area contributed by atoms with E-state index in [2.05, 4.69) is 0 Å². The Morgan fingerprint density at radius 1 is 1.00 bits per heavy atom. The van der Waals surface area contributed by atoms with Gasteiger partial charge in [-0.25, -0.2) is 0 Å². The summed E-state index contributed by atoms with van der Waals surface area (Å²) in [6.07, 6.45) is 1.27. The summed E-state index contributed by atoms with van der Waals surface area (Å²) < 4.78 is 11.3. The summed E-state index contributed by atoms with van der Waals surface area (Å²) in [5, 5.41) is 38.9. The summed E-state index contributed by atoms with van der Waals surface area (Å²) in [5.41, 5.74) is -0.878. The fourth-order valence-corrected chi connectivity index (χ4v) is 3.59. The standard InChI is InChI=1S/C14H26O6/c15-8-11(17)14(12(18)9-16)4-1-3-10(7-14)13-19-5-2-6-20-13/h10-13,15-18H,1-9H2. The van der Waals surface area contributed by atoms with Crippen LogP contribution in [0.25, 0.3) is 0 Å². The van der Waals surface area contributed by atoms with E-state index in [9.17, 15) is 20.4 Å². The van der Waals surface area contributed by atoms with Gasteiger partial charge in [0.1, 0.15) is 0 Å². The van der Waals surface area contributed by atoms with Gasteiger partial charge in [0.25, 0.3) is 0 Å². The smallest absolute Gasteiger partial charge is 0.160 e. The molecule has 2 aliphatic rings. The zero-order valence-corrected chi connectivity index (χ0v) is 11.8. The summed E-state index contributed by atoms with van der Waals surface area (Å²) in [6, 6.07) is 0. The van der Waals surface area contributed by atoms with Gasteiger partial charge in [-0.05, 0) is 25.7 Å². The van der Waals surface area contributed by atoms with Crippen molar-refractivity contribution in [3.63, 3.8) is 0 Å². The minimum absolute atomic E-state index is 0.0754. The van der Waals surface area contributed by atoms with Gasteiger partial charge in [0.05, 0.1) is 38.6 Å². The maximum absolute atomic E-state index is 10.1. The van der Waals surface area contributed by atoms with Gasteiger partial charge in [-0.3, -0.25) is 0 Å². The second-order valence-electron chi connectivity index (χ2n) is 5.95. The number of hydrogen-bond acceptors (Lipinski definition) is 6. The molecule has 0 aromatic heterocycles. The molecule has 6 nitrogen and oxygen atoms in total. The first-order valence-electron chi connectivity index (χ1n) is 7.45. The Labute approximate surface area is 119 Å². The Morgan fingerprint density at radius 2 is 1.60 bits per heavy atom. The molecule has 1 heterocycles. The quantitative estimate of drug-likeness (QED) is 0.551. The number of rotatable bonds is 5. The number of hydrogen-bond donors (Lipinski definition) is 4. The van der Waals surface area contributed by atoms with Crippen molar-refractivity contribution in [3.8, 4) is 0 Å². The Kier molecular flexibility index (Phi) is 5.77. The number of ether oxygens (including phenoxy) is 2. The predicted octanol–water partition coefficient (Wildman–Crippen LogP) is -0.368. The van der Waals surface area contributed by atoms with Crippen LogP contribution in [0, 0.1) is 11.3 Å². The molecule has 118 valence electrons. The van der Waals surface area contributed by atoms with Crippen molar-refractivity contribution in [2.45, 2.75) is 50.6 Å². The summed E-state index contributed by atoms with van der Waals surface area (Å²) in [5.74, 6) is 0.0754. The summed E-state index contributed by atoms with van der Waals surface area (Å²) in [7, 11) is 0. The summed E-state index contributed by atoms with van der Waals surface area (Å²) in [6.45, 7) is 0.491. The van der Waals surface area contributed by atoms with Crippen molar-refractivity contribution in [3.05, 3.63) is 0 Å². The molecule has 0 aromatic rings. The molecule has 2 fully saturated rings. The van der Waals surface area contributed by atoms with E-state index in [1.54, 1.807) is 0 Å². The third-order valence-electron chi connectivity index (χ3n) is 4.77. The lowest BCUT2D eigenvalue weighted by atomic mass is 9.63. The molecule has 0 amide bonds. The van der Waals surface area contributed by atoms with E-state index < -0.39 is 30.8 Å². The molecule has 2 rings (SSSR count). The number of aliphatic hydroxyl groups excluding tert-OH is 4. The third kappa shape index (κ3) is 3.16. The van der Waals surface area contributed by atoms with Gasteiger partial charge in [-0.1, -0.05) is 6.42 Å². The predicted molar refractivity (Wildman–Crippen MR) is 70.9 cm³/mol. The summed E-state index contributed by atoms with van der Waals surface area (Å²) in [4.78, 5) is 0. The van der Waals surface area contributed by atoms with Crippen molar-refractivity contribution < 1.29 is 29.9 Å². The topological polar surface area (TPSA) is 99.4 Å². The fourth-order valence-electron chi connectivity index (χ4n) is 3.59. The molecule has 0 bridgehead atoms. The normalized spacial score (nSPS) is 35.7. The highest BCUT2D eigenvalue weighted by atomic mass is 16.7. The van der Waals surface area contributed by atoms with Crippen LogP contribution < -0.4 is 0 Å². The molecule has 20 heavy (non-hydrogen) atoms. The van der Waals surface area contributed by atoms with Gasteiger partial charge in [0.15, 0.2) is 6.29 Å². The first kappa shape index (κ1) is 16.1. The Bertz CT molecular complexity index is 281. The fraction of sp³-hybridized carbons (Fsp3) is 1.00. The maximum atomic E-state index is 10.1.